The summed E-state index contributed by atoms with van der Waals surface area (Å²) in [5.74, 6) is -1.69. The summed E-state index contributed by atoms with van der Waals surface area (Å²) < 4.78 is 5.78. The number of carbonyl (C=O) groups excluding carboxylic acids is 2. The van der Waals surface area contributed by atoms with Crippen molar-refractivity contribution in [2.45, 2.75) is 160 Å². The quantitative estimate of drug-likeness (QED) is 0.0674. The number of rotatable bonds is 26. The average Bonchev–Trinajstić information content (AvgIpc) is 2.85. The van der Waals surface area contributed by atoms with Gasteiger partial charge in [-0.25, -0.2) is 4.79 Å². The summed E-state index contributed by atoms with van der Waals surface area (Å²) in [4.78, 5) is 36.9. The van der Waals surface area contributed by atoms with Crippen molar-refractivity contribution in [3.63, 3.8) is 0 Å². The molecular formula is C29H55NO6. The van der Waals surface area contributed by atoms with E-state index in [1.165, 1.54) is 32.1 Å². The Bertz CT molecular complexity index is 584. The maximum Gasteiger partial charge on any atom is 0.350 e. The van der Waals surface area contributed by atoms with E-state index in [0.717, 1.165) is 64.2 Å². The largest absolute Gasteiger partial charge is 0.478 e. The van der Waals surface area contributed by atoms with Crippen LogP contribution in [0.25, 0.3) is 0 Å². The normalized spacial score (nSPS) is 14.6. The number of esters is 1. The molecule has 0 heterocycles. The van der Waals surface area contributed by atoms with Crippen molar-refractivity contribution >= 4 is 18.3 Å². The van der Waals surface area contributed by atoms with E-state index in [4.69, 9.17) is 9.84 Å². The fraction of sp³-hybridized carbons (Fsp3) is 0.897. The maximum absolute atomic E-state index is 12.7. The summed E-state index contributed by atoms with van der Waals surface area (Å²) in [7, 11) is 0. The molecule has 1 amide bonds. The highest BCUT2D eigenvalue weighted by molar-refractivity contribution is 5.84. The Morgan fingerprint density at radius 1 is 0.750 bits per heavy atom. The third-order valence-electron chi connectivity index (χ3n) is 7.35. The van der Waals surface area contributed by atoms with Gasteiger partial charge in [-0.05, 0) is 32.6 Å². The van der Waals surface area contributed by atoms with Crippen LogP contribution in [0, 0.1) is 0 Å². The highest BCUT2D eigenvalue weighted by atomic mass is 16.6. The van der Waals surface area contributed by atoms with Gasteiger partial charge in [-0.1, -0.05) is 104 Å². The van der Waals surface area contributed by atoms with Crippen molar-refractivity contribution in [2.75, 3.05) is 6.61 Å². The van der Waals surface area contributed by atoms with Gasteiger partial charge in [-0.3, -0.25) is 9.59 Å². The molecule has 2 unspecified atom stereocenters. The minimum Gasteiger partial charge on any atom is -0.478 e. The molecule has 0 aromatic carbocycles. The predicted molar refractivity (Wildman–Crippen MR) is 145 cm³/mol. The molecule has 0 aromatic rings. The minimum atomic E-state index is -1.78. The molecule has 0 aliphatic heterocycles. The fourth-order valence-corrected chi connectivity index (χ4v) is 4.90. The number of aliphatic hydroxyl groups excluding tert-OH is 1. The Kier molecular flexibility index (Phi) is 20.5. The van der Waals surface area contributed by atoms with E-state index in [-0.39, 0.29) is 19.4 Å². The Morgan fingerprint density at radius 2 is 1.22 bits per heavy atom. The molecule has 0 fully saturated rings. The van der Waals surface area contributed by atoms with Crippen LogP contribution in [0.2, 0.25) is 0 Å². The van der Waals surface area contributed by atoms with Crippen molar-refractivity contribution in [3.05, 3.63) is 0 Å². The number of aliphatic hydroxyl groups is 1. The first kappa shape index (κ1) is 34.4. The molecule has 2 atom stereocenters. The van der Waals surface area contributed by atoms with Gasteiger partial charge in [0.25, 0.3) is 0 Å². The number of nitrogens with one attached hydrogen (secondary N) is 1. The van der Waals surface area contributed by atoms with Crippen LogP contribution in [-0.2, 0) is 19.1 Å². The topological polar surface area (TPSA) is 113 Å². The van der Waals surface area contributed by atoms with Gasteiger partial charge in [0, 0.05) is 19.4 Å². The average molecular weight is 514 g/mol. The molecule has 0 radical (unpaired) electrons. The van der Waals surface area contributed by atoms with Crippen LogP contribution in [0.1, 0.15) is 149 Å². The maximum atomic E-state index is 12.7. The van der Waals surface area contributed by atoms with E-state index in [1.807, 2.05) is 6.92 Å². The van der Waals surface area contributed by atoms with E-state index in [1.54, 1.807) is 6.92 Å². The standard InChI is InChI=1S/C29H55NO6/c1-4-6-8-19-23-29(27(34)35,36-26(33)21-7-5-2)28(3,30-25-32)22-18-16-14-12-10-9-11-13-15-17-20-24-31/h25,31H,4-24H2,1-3H3,(H,30,32)(H,34,35). The summed E-state index contributed by atoms with van der Waals surface area (Å²) in [6.45, 7) is 6.07. The summed E-state index contributed by atoms with van der Waals surface area (Å²) in [6, 6.07) is 0. The lowest BCUT2D eigenvalue weighted by atomic mass is 9.73. The van der Waals surface area contributed by atoms with E-state index >= 15 is 0 Å². The molecule has 0 aromatic heterocycles. The molecule has 0 aliphatic carbocycles. The van der Waals surface area contributed by atoms with Crippen molar-refractivity contribution < 1.29 is 29.3 Å². The first-order chi connectivity index (χ1) is 17.3. The van der Waals surface area contributed by atoms with Crippen LogP contribution in [0.3, 0.4) is 0 Å². The zero-order valence-electron chi connectivity index (χ0n) is 23.5. The van der Waals surface area contributed by atoms with Gasteiger partial charge in [0.15, 0.2) is 0 Å². The summed E-state index contributed by atoms with van der Waals surface area (Å²) >= 11 is 0. The number of unbranched alkanes of at least 4 members (excludes halogenated alkanes) is 14. The Labute approximate surface area is 220 Å². The zero-order chi connectivity index (χ0) is 27.1. The van der Waals surface area contributed by atoms with Crippen LogP contribution < -0.4 is 5.32 Å². The number of carboxylic acids is 1. The minimum absolute atomic E-state index is 0.180. The van der Waals surface area contributed by atoms with E-state index in [0.29, 0.717) is 25.7 Å². The predicted octanol–water partition coefficient (Wildman–Crippen LogP) is 6.69. The third-order valence-corrected chi connectivity index (χ3v) is 7.35. The lowest BCUT2D eigenvalue weighted by molar-refractivity contribution is -0.192. The van der Waals surface area contributed by atoms with Gasteiger partial charge in [0.05, 0.1) is 5.54 Å². The number of carboxylic acid groups (broad SMARTS) is 1. The summed E-state index contributed by atoms with van der Waals surface area (Å²) in [6.07, 6.45) is 18.3. The molecule has 0 saturated heterocycles. The second-order valence-corrected chi connectivity index (χ2v) is 10.5. The molecule has 0 aliphatic rings. The van der Waals surface area contributed by atoms with Gasteiger partial charge < -0.3 is 20.3 Å². The number of amides is 1. The Morgan fingerprint density at radius 3 is 1.69 bits per heavy atom. The number of hydrogen-bond donors (Lipinski definition) is 3. The second-order valence-electron chi connectivity index (χ2n) is 10.5. The summed E-state index contributed by atoms with van der Waals surface area (Å²) in [5, 5.41) is 21.9. The Hall–Kier alpha value is -1.63. The van der Waals surface area contributed by atoms with Gasteiger partial charge in [0.1, 0.15) is 0 Å². The number of carbonyl (C=O) groups is 3. The molecular weight excluding hydrogens is 458 g/mol. The Balaban J connectivity index is 5.02. The van der Waals surface area contributed by atoms with Crippen molar-refractivity contribution in [2.24, 2.45) is 0 Å². The van der Waals surface area contributed by atoms with Gasteiger partial charge in [-0.15, -0.1) is 0 Å². The number of hydrogen-bond acceptors (Lipinski definition) is 5. The lowest BCUT2D eigenvalue weighted by Gasteiger charge is -2.45. The second kappa shape index (κ2) is 21.5. The lowest BCUT2D eigenvalue weighted by Crippen LogP contribution is -2.66. The monoisotopic (exact) mass is 513 g/mol. The van der Waals surface area contributed by atoms with E-state index < -0.39 is 23.1 Å². The van der Waals surface area contributed by atoms with E-state index in [9.17, 15) is 19.5 Å². The fourth-order valence-electron chi connectivity index (χ4n) is 4.90. The van der Waals surface area contributed by atoms with Gasteiger partial charge in [-0.2, -0.15) is 0 Å². The molecule has 0 bridgehead atoms. The first-order valence-corrected chi connectivity index (χ1v) is 14.6. The highest BCUT2D eigenvalue weighted by Crippen LogP contribution is 2.37. The van der Waals surface area contributed by atoms with Crippen LogP contribution in [-0.4, -0.2) is 46.3 Å². The third kappa shape index (κ3) is 13.6. The van der Waals surface area contributed by atoms with Gasteiger partial charge >= 0.3 is 11.9 Å². The molecule has 0 saturated carbocycles. The molecule has 0 spiro atoms. The highest BCUT2D eigenvalue weighted by Gasteiger charge is 2.56. The van der Waals surface area contributed by atoms with Crippen molar-refractivity contribution in [1.82, 2.24) is 5.32 Å². The van der Waals surface area contributed by atoms with Crippen molar-refractivity contribution in [1.29, 1.82) is 0 Å². The molecule has 3 N–H and O–H groups in total. The molecule has 212 valence electrons. The van der Waals surface area contributed by atoms with Crippen LogP contribution in [0.4, 0.5) is 0 Å². The number of aliphatic carboxylic acids is 1. The van der Waals surface area contributed by atoms with Crippen LogP contribution in [0.5, 0.6) is 0 Å². The smallest absolute Gasteiger partial charge is 0.350 e. The number of ether oxygens (including phenoxy) is 1. The zero-order valence-corrected chi connectivity index (χ0v) is 23.5. The van der Waals surface area contributed by atoms with Crippen LogP contribution >= 0.6 is 0 Å². The van der Waals surface area contributed by atoms with Crippen molar-refractivity contribution in [3.8, 4) is 0 Å². The van der Waals surface area contributed by atoms with Gasteiger partial charge in [0.2, 0.25) is 12.0 Å². The summed E-state index contributed by atoms with van der Waals surface area (Å²) in [5.41, 5.74) is -2.95. The first-order valence-electron chi connectivity index (χ1n) is 14.6. The molecule has 7 heteroatoms. The molecule has 36 heavy (non-hydrogen) atoms. The molecule has 0 rings (SSSR count). The molecule has 7 nitrogen and oxygen atoms in total. The van der Waals surface area contributed by atoms with E-state index in [2.05, 4.69) is 12.2 Å². The SMILES string of the molecule is CCCCCCC(OC(=O)CCCC)(C(=O)O)C(C)(CCCCCCCCCCCCCO)NC=O. The van der Waals surface area contributed by atoms with Crippen LogP contribution in [0.15, 0.2) is 0 Å².